The van der Waals surface area contributed by atoms with E-state index in [-0.39, 0.29) is 28.9 Å². The van der Waals surface area contributed by atoms with E-state index >= 15 is 0 Å². The smallest absolute Gasteiger partial charge is 0.227 e. The number of aliphatic hydroxyl groups excluding tert-OH is 1. The fourth-order valence-electron chi connectivity index (χ4n) is 5.15. The summed E-state index contributed by atoms with van der Waals surface area (Å²) in [6, 6.07) is 0.405. The molecule has 0 aromatic carbocycles. The Kier molecular flexibility index (Phi) is 5.71. The van der Waals surface area contributed by atoms with Crippen LogP contribution in [0.2, 0.25) is 0 Å². The van der Waals surface area contributed by atoms with Crippen LogP contribution in [0, 0.1) is 16.7 Å². The molecule has 1 saturated heterocycles. The lowest BCUT2D eigenvalue weighted by molar-refractivity contribution is -0.140. The lowest BCUT2D eigenvalue weighted by Crippen LogP contribution is -2.60. The monoisotopic (exact) mass is 338 g/mol. The molecule has 2 fully saturated rings. The molecule has 1 amide bonds. The fourth-order valence-corrected chi connectivity index (χ4v) is 5.15. The third-order valence-corrected chi connectivity index (χ3v) is 5.69. The summed E-state index contributed by atoms with van der Waals surface area (Å²) in [5.74, 6) is 0.890. The van der Waals surface area contributed by atoms with E-state index in [1.807, 2.05) is 25.7 Å². The van der Waals surface area contributed by atoms with E-state index < -0.39 is 0 Å². The number of nitrogens with zero attached hydrogens (tertiary/aromatic N) is 1. The summed E-state index contributed by atoms with van der Waals surface area (Å²) in [4.78, 5) is 14.4. The summed E-state index contributed by atoms with van der Waals surface area (Å²) in [5.41, 5.74) is -0.173. The number of piperidine rings is 1. The highest BCUT2D eigenvalue weighted by molar-refractivity contribution is 5.81. The number of amides is 1. The van der Waals surface area contributed by atoms with E-state index in [0.29, 0.717) is 12.0 Å². The molecule has 1 saturated carbocycles. The quantitative estimate of drug-likeness (QED) is 0.831. The summed E-state index contributed by atoms with van der Waals surface area (Å²) in [7, 11) is 0. The maximum absolute atomic E-state index is 12.4. The third-order valence-electron chi connectivity index (χ3n) is 5.69. The first-order valence-corrected chi connectivity index (χ1v) is 9.64. The highest BCUT2D eigenvalue weighted by Gasteiger charge is 2.44. The van der Waals surface area contributed by atoms with Gasteiger partial charge in [-0.2, -0.15) is 0 Å². The van der Waals surface area contributed by atoms with Crippen LogP contribution in [-0.2, 0) is 4.79 Å². The van der Waals surface area contributed by atoms with Crippen LogP contribution in [0.25, 0.3) is 0 Å². The molecule has 1 aliphatic heterocycles. The number of carbonyl (C=O) groups is 1. The molecule has 2 unspecified atom stereocenters. The van der Waals surface area contributed by atoms with Crippen molar-refractivity contribution < 1.29 is 9.90 Å². The lowest BCUT2D eigenvalue weighted by atomic mass is 9.64. The molecular weight excluding hydrogens is 300 g/mol. The zero-order valence-electron chi connectivity index (χ0n) is 16.6. The van der Waals surface area contributed by atoms with E-state index in [1.54, 1.807) is 0 Å². The van der Waals surface area contributed by atoms with Gasteiger partial charge >= 0.3 is 0 Å². The summed E-state index contributed by atoms with van der Waals surface area (Å²) in [6.07, 6.45) is 5.28. The lowest BCUT2D eigenvalue weighted by Gasteiger charge is -2.50. The number of rotatable bonds is 3. The molecule has 4 nitrogen and oxygen atoms in total. The number of nitrogens with one attached hydrogen (secondary N) is 1. The maximum atomic E-state index is 12.4. The van der Waals surface area contributed by atoms with Crippen molar-refractivity contribution >= 4 is 5.91 Å². The van der Waals surface area contributed by atoms with Crippen LogP contribution in [0.5, 0.6) is 0 Å². The zero-order valence-corrected chi connectivity index (χ0v) is 16.6. The van der Waals surface area contributed by atoms with Crippen LogP contribution in [0.4, 0.5) is 0 Å². The van der Waals surface area contributed by atoms with Gasteiger partial charge in [0.05, 0.1) is 6.61 Å². The molecule has 2 atom stereocenters. The number of carbonyl (C=O) groups excluding carboxylic acids is 1. The third kappa shape index (κ3) is 4.72. The van der Waals surface area contributed by atoms with Crippen LogP contribution in [-0.4, -0.2) is 47.2 Å². The van der Waals surface area contributed by atoms with Gasteiger partial charge < -0.3 is 15.3 Å². The summed E-state index contributed by atoms with van der Waals surface area (Å²) < 4.78 is 0. The first-order valence-electron chi connectivity index (χ1n) is 9.64. The molecule has 2 rings (SSSR count). The highest BCUT2D eigenvalue weighted by atomic mass is 16.3. The minimum absolute atomic E-state index is 0.151. The van der Waals surface area contributed by atoms with Gasteiger partial charge in [0, 0.05) is 30.1 Å². The molecule has 4 heteroatoms. The Labute approximate surface area is 148 Å². The first kappa shape index (κ1) is 19.7. The average Bonchev–Trinajstić information content (AvgIpc) is 2.44. The van der Waals surface area contributed by atoms with E-state index in [9.17, 15) is 9.90 Å². The number of hydrogen-bond donors (Lipinski definition) is 2. The molecule has 1 aliphatic carbocycles. The summed E-state index contributed by atoms with van der Waals surface area (Å²) >= 11 is 0. The molecule has 0 bridgehead atoms. The normalized spacial score (nSPS) is 32.0. The Balaban J connectivity index is 1.96. The molecule has 0 aromatic rings. The minimum atomic E-state index is -0.296. The Bertz CT molecular complexity index is 447. The van der Waals surface area contributed by atoms with Crippen LogP contribution >= 0.6 is 0 Å². The second-order valence-electron chi connectivity index (χ2n) is 10.3. The van der Waals surface area contributed by atoms with Crippen molar-refractivity contribution in [2.24, 2.45) is 16.7 Å². The molecule has 1 heterocycles. The van der Waals surface area contributed by atoms with Crippen molar-refractivity contribution in [2.45, 2.75) is 85.2 Å². The number of aliphatic hydroxyl groups is 1. The van der Waals surface area contributed by atoms with Gasteiger partial charge in [-0.05, 0) is 43.4 Å². The van der Waals surface area contributed by atoms with Crippen LogP contribution in [0.15, 0.2) is 0 Å². The van der Waals surface area contributed by atoms with E-state index in [4.69, 9.17) is 0 Å². The first-order chi connectivity index (χ1) is 11.0. The van der Waals surface area contributed by atoms with Crippen LogP contribution in [0.1, 0.15) is 73.6 Å². The van der Waals surface area contributed by atoms with Crippen molar-refractivity contribution in [1.82, 2.24) is 10.2 Å². The van der Waals surface area contributed by atoms with Gasteiger partial charge in [0.1, 0.15) is 0 Å². The Hall–Kier alpha value is -0.610. The number of likely N-dealkylation sites (tertiary alicyclic amines) is 1. The second kappa shape index (κ2) is 6.95. The van der Waals surface area contributed by atoms with Crippen LogP contribution in [0.3, 0.4) is 0 Å². The predicted octanol–water partition coefficient (Wildman–Crippen LogP) is 3.19. The summed E-state index contributed by atoms with van der Waals surface area (Å²) in [5, 5.41) is 14.0. The fraction of sp³-hybridized carbons (Fsp3) is 0.950. The summed E-state index contributed by atoms with van der Waals surface area (Å²) in [6.45, 7) is 14.8. The molecule has 140 valence electrons. The van der Waals surface area contributed by atoms with Crippen molar-refractivity contribution in [3.8, 4) is 0 Å². The molecule has 2 N–H and O–H groups in total. The molecule has 0 radical (unpaired) electrons. The molecule has 2 aliphatic rings. The Morgan fingerprint density at radius 1 is 1.21 bits per heavy atom. The van der Waals surface area contributed by atoms with Gasteiger partial charge in [0.15, 0.2) is 0 Å². The molecule has 0 spiro atoms. The van der Waals surface area contributed by atoms with Crippen molar-refractivity contribution in [3.05, 3.63) is 0 Å². The maximum Gasteiger partial charge on any atom is 0.227 e. The largest absolute Gasteiger partial charge is 0.394 e. The van der Waals surface area contributed by atoms with Gasteiger partial charge in [-0.15, -0.1) is 0 Å². The number of hydrogen-bond acceptors (Lipinski definition) is 3. The second-order valence-corrected chi connectivity index (χ2v) is 10.3. The van der Waals surface area contributed by atoms with Gasteiger partial charge in [-0.3, -0.25) is 4.79 Å². The molecular formula is C20H38N2O2. The van der Waals surface area contributed by atoms with Gasteiger partial charge in [-0.25, -0.2) is 0 Å². The Morgan fingerprint density at radius 2 is 1.79 bits per heavy atom. The predicted molar refractivity (Wildman–Crippen MR) is 98.8 cm³/mol. The topological polar surface area (TPSA) is 52.6 Å². The van der Waals surface area contributed by atoms with Gasteiger partial charge in [-0.1, -0.05) is 41.5 Å². The van der Waals surface area contributed by atoms with Crippen molar-refractivity contribution in [1.29, 1.82) is 0 Å². The van der Waals surface area contributed by atoms with E-state index in [1.165, 1.54) is 6.42 Å². The minimum Gasteiger partial charge on any atom is -0.394 e. The zero-order chi connectivity index (χ0) is 18.2. The van der Waals surface area contributed by atoms with Gasteiger partial charge in [0.25, 0.3) is 0 Å². The van der Waals surface area contributed by atoms with Crippen molar-refractivity contribution in [3.63, 3.8) is 0 Å². The highest BCUT2D eigenvalue weighted by Crippen LogP contribution is 2.44. The van der Waals surface area contributed by atoms with E-state index in [0.717, 1.165) is 38.8 Å². The standard InChI is InChI=1S/C20H38N2O2/c1-15-11-19(5,6)13-20(12-15,14-23)21-16-7-9-22(10-8-16)17(24)18(2,3)4/h15-16,21,23H,7-14H2,1-6H3. The average molecular weight is 339 g/mol. The van der Waals surface area contributed by atoms with Crippen molar-refractivity contribution in [2.75, 3.05) is 19.7 Å². The molecule has 24 heavy (non-hydrogen) atoms. The molecule has 0 aromatic heterocycles. The van der Waals surface area contributed by atoms with Gasteiger partial charge in [0.2, 0.25) is 5.91 Å². The SMILES string of the molecule is CC1CC(C)(C)CC(CO)(NC2CCN(C(=O)C(C)(C)C)CC2)C1. The Morgan fingerprint density at radius 3 is 2.25 bits per heavy atom. The van der Waals surface area contributed by atoms with E-state index in [2.05, 4.69) is 26.1 Å². The van der Waals surface area contributed by atoms with Crippen LogP contribution < -0.4 is 5.32 Å².